The third-order valence-corrected chi connectivity index (χ3v) is 8.39. The molecule has 1 aliphatic rings. The summed E-state index contributed by atoms with van der Waals surface area (Å²) in [5.41, 5.74) is 2.39. The highest BCUT2D eigenvalue weighted by molar-refractivity contribution is 7.10. The van der Waals surface area contributed by atoms with Crippen LogP contribution in [-0.2, 0) is 16.7 Å². The normalized spacial score (nSPS) is 19.5. The van der Waals surface area contributed by atoms with Gasteiger partial charge in [-0.15, -0.1) is 11.3 Å². The lowest BCUT2D eigenvalue weighted by Crippen LogP contribution is -2.45. The average molecular weight is 496 g/mol. The number of anilines is 1. The number of nitrogens with one attached hydrogen (secondary N) is 1. The number of hydrogen-bond acceptors (Lipinski definition) is 5. The molecule has 0 unspecified atom stereocenters. The minimum Gasteiger partial charge on any atom is -0.446 e. The molecule has 7 heteroatoms. The average Bonchev–Trinajstić information content (AvgIpc) is 3.46. The minimum atomic E-state index is -0.453. The van der Waals surface area contributed by atoms with Gasteiger partial charge in [-0.25, -0.2) is 4.79 Å². The molecule has 35 heavy (non-hydrogen) atoms. The van der Waals surface area contributed by atoms with E-state index >= 15 is 0 Å². The Morgan fingerprint density at radius 3 is 2.66 bits per heavy atom. The number of aromatic nitrogens is 1. The van der Waals surface area contributed by atoms with Crippen LogP contribution in [0.15, 0.2) is 60.8 Å². The van der Waals surface area contributed by atoms with Crippen LogP contribution in [0.4, 0.5) is 14.9 Å². The molecular formula is C28H34FN3O2S. The van der Waals surface area contributed by atoms with Gasteiger partial charge in [-0.3, -0.25) is 15.2 Å². The maximum absolute atomic E-state index is 13.6. The Kier molecular flexibility index (Phi) is 7.57. The van der Waals surface area contributed by atoms with Gasteiger partial charge in [0.2, 0.25) is 0 Å². The number of aryl methyl sites for hydroxylation is 2. The van der Waals surface area contributed by atoms with Crippen molar-refractivity contribution in [2.24, 2.45) is 5.41 Å². The first-order chi connectivity index (χ1) is 16.7. The first-order valence-corrected chi connectivity index (χ1v) is 12.9. The molecule has 1 N–H and O–H groups in total. The second-order valence-corrected chi connectivity index (χ2v) is 11.1. The van der Waals surface area contributed by atoms with Crippen molar-refractivity contribution in [1.82, 2.24) is 9.88 Å². The minimum absolute atomic E-state index is 0.165. The predicted molar refractivity (Wildman–Crippen MR) is 139 cm³/mol. The molecule has 1 amide bonds. The Bertz CT molecular complexity index is 1130. The zero-order chi connectivity index (χ0) is 25.1. The summed E-state index contributed by atoms with van der Waals surface area (Å²) in [6, 6.07) is 16.9. The molecule has 0 aliphatic carbocycles. The molecule has 1 saturated heterocycles. The molecule has 1 fully saturated rings. The second-order valence-electron chi connectivity index (χ2n) is 10.0. The van der Waals surface area contributed by atoms with Crippen LogP contribution in [0.2, 0.25) is 0 Å². The van der Waals surface area contributed by atoms with Gasteiger partial charge in [-0.2, -0.15) is 4.39 Å². The number of ether oxygens (including phenoxy) is 1. The van der Waals surface area contributed by atoms with E-state index in [9.17, 15) is 9.18 Å². The summed E-state index contributed by atoms with van der Waals surface area (Å²) in [5.74, 6) is 0. The number of likely N-dealkylation sites (tertiary alicyclic amines) is 1. The van der Waals surface area contributed by atoms with E-state index in [2.05, 4.69) is 35.1 Å². The third kappa shape index (κ3) is 5.90. The van der Waals surface area contributed by atoms with Crippen molar-refractivity contribution in [3.8, 4) is 0 Å². The van der Waals surface area contributed by atoms with Gasteiger partial charge >= 0.3 is 6.09 Å². The van der Waals surface area contributed by atoms with E-state index < -0.39 is 6.09 Å². The zero-order valence-electron chi connectivity index (χ0n) is 20.9. The Morgan fingerprint density at radius 1 is 1.23 bits per heavy atom. The number of carbonyl (C=O) groups excluding carboxylic acids is 1. The lowest BCUT2D eigenvalue weighted by Gasteiger charge is -2.40. The fraction of sp³-hybridized carbons (Fsp3) is 0.429. The molecule has 0 saturated carbocycles. The Labute approximate surface area is 211 Å². The van der Waals surface area contributed by atoms with Crippen LogP contribution in [0, 0.1) is 17.5 Å². The van der Waals surface area contributed by atoms with Crippen molar-refractivity contribution in [2.75, 3.05) is 18.4 Å². The Balaban J connectivity index is 1.52. The second kappa shape index (κ2) is 10.5. The van der Waals surface area contributed by atoms with Gasteiger partial charge in [0.15, 0.2) is 5.13 Å². The molecule has 1 aliphatic heterocycles. The molecule has 3 heterocycles. The summed E-state index contributed by atoms with van der Waals surface area (Å²) in [4.78, 5) is 20.7. The van der Waals surface area contributed by atoms with Crippen LogP contribution in [0.1, 0.15) is 49.7 Å². The monoisotopic (exact) mass is 495 g/mol. The number of benzene rings is 1. The van der Waals surface area contributed by atoms with E-state index in [1.54, 1.807) is 0 Å². The molecular weight excluding hydrogens is 461 g/mol. The summed E-state index contributed by atoms with van der Waals surface area (Å²) < 4.78 is 19.6. The zero-order valence-corrected chi connectivity index (χ0v) is 21.7. The number of carbonyl (C=O) groups is 1. The highest BCUT2D eigenvalue weighted by Crippen LogP contribution is 2.45. The van der Waals surface area contributed by atoms with Crippen molar-refractivity contribution >= 4 is 23.1 Å². The number of hydrogen-bond donors (Lipinski definition) is 1. The van der Waals surface area contributed by atoms with Crippen LogP contribution >= 0.6 is 11.3 Å². The number of thiophene rings is 1. The summed E-state index contributed by atoms with van der Waals surface area (Å²) in [5, 5.41) is 2.67. The van der Waals surface area contributed by atoms with E-state index in [1.807, 2.05) is 62.5 Å². The molecule has 2 atom stereocenters. The molecule has 2 aromatic heterocycles. The quantitative estimate of drug-likeness (QED) is 0.374. The molecule has 4 rings (SSSR count). The lowest BCUT2D eigenvalue weighted by molar-refractivity contribution is 0.0134. The van der Waals surface area contributed by atoms with Gasteiger partial charge < -0.3 is 4.74 Å². The van der Waals surface area contributed by atoms with Gasteiger partial charge in [0.1, 0.15) is 6.10 Å². The molecule has 0 spiro atoms. The largest absolute Gasteiger partial charge is 0.446 e. The number of para-hydroxylation sites is 1. The third-order valence-electron chi connectivity index (χ3n) is 7.46. The smallest absolute Gasteiger partial charge is 0.411 e. The topological polar surface area (TPSA) is 54.5 Å². The highest BCUT2D eigenvalue weighted by atomic mass is 32.1. The lowest BCUT2D eigenvalue weighted by atomic mass is 9.77. The van der Waals surface area contributed by atoms with E-state index in [0.29, 0.717) is 5.69 Å². The summed E-state index contributed by atoms with van der Waals surface area (Å²) >= 11 is 1.19. The van der Waals surface area contributed by atoms with E-state index in [0.717, 1.165) is 48.5 Å². The fourth-order valence-corrected chi connectivity index (χ4v) is 5.66. The number of rotatable bonds is 8. The Morgan fingerprint density at radius 2 is 2.00 bits per heavy atom. The molecule has 3 aromatic rings. The summed E-state index contributed by atoms with van der Waals surface area (Å²) in [6.07, 6.45) is 3.65. The first-order valence-electron chi connectivity index (χ1n) is 12.1. The molecule has 0 radical (unpaired) electrons. The van der Waals surface area contributed by atoms with Gasteiger partial charge in [0, 0.05) is 40.0 Å². The number of nitrogens with zero attached hydrogens (tertiary/aromatic N) is 2. The SMILES string of the molecule is Cc1ccc(C(C)(C)N2CC[C@@](CCc3ccc(F)s3)([C@@H](C)OC(=O)Nc3ccccc3)C2)cn1. The molecule has 1 aromatic carbocycles. The molecule has 186 valence electrons. The number of pyridine rings is 1. The van der Waals surface area contributed by atoms with E-state index in [1.165, 1.54) is 17.4 Å². The predicted octanol–water partition coefficient (Wildman–Crippen LogP) is 6.79. The fourth-order valence-electron chi connectivity index (χ4n) is 4.94. The maximum atomic E-state index is 13.6. The van der Waals surface area contributed by atoms with Crippen LogP contribution in [0.5, 0.6) is 0 Å². The highest BCUT2D eigenvalue weighted by Gasteiger charge is 2.48. The summed E-state index contributed by atoms with van der Waals surface area (Å²) in [6.45, 7) is 10.1. The maximum Gasteiger partial charge on any atom is 0.411 e. The van der Waals surface area contributed by atoms with Crippen molar-refractivity contribution in [3.05, 3.63) is 82.1 Å². The molecule has 0 bridgehead atoms. The van der Waals surface area contributed by atoms with Gasteiger partial charge in [-0.1, -0.05) is 24.3 Å². The van der Waals surface area contributed by atoms with Crippen molar-refractivity contribution in [3.63, 3.8) is 0 Å². The van der Waals surface area contributed by atoms with Crippen LogP contribution in [0.25, 0.3) is 0 Å². The van der Waals surface area contributed by atoms with E-state index in [4.69, 9.17) is 4.74 Å². The van der Waals surface area contributed by atoms with Gasteiger partial charge in [-0.05, 0) is 89.4 Å². The summed E-state index contributed by atoms with van der Waals surface area (Å²) in [7, 11) is 0. The van der Waals surface area contributed by atoms with Gasteiger partial charge in [0.25, 0.3) is 0 Å². The van der Waals surface area contributed by atoms with Crippen LogP contribution < -0.4 is 5.32 Å². The van der Waals surface area contributed by atoms with Gasteiger partial charge in [0.05, 0.1) is 0 Å². The van der Waals surface area contributed by atoms with Crippen molar-refractivity contribution in [1.29, 1.82) is 0 Å². The van der Waals surface area contributed by atoms with Crippen molar-refractivity contribution < 1.29 is 13.9 Å². The van der Waals surface area contributed by atoms with E-state index in [-0.39, 0.29) is 22.2 Å². The van der Waals surface area contributed by atoms with Crippen LogP contribution in [-0.4, -0.2) is 35.2 Å². The van der Waals surface area contributed by atoms with Crippen LogP contribution in [0.3, 0.4) is 0 Å². The number of halogens is 1. The van der Waals surface area contributed by atoms with Crippen molar-refractivity contribution in [2.45, 2.75) is 58.6 Å². The Hall–Kier alpha value is -2.77. The molecule has 5 nitrogen and oxygen atoms in total. The standard InChI is InChI=1S/C28H34FN3O2S/c1-20-10-11-22(18-30-20)27(3,4)32-17-16-28(19-32,15-14-24-12-13-25(29)35-24)21(2)34-26(33)31-23-8-6-5-7-9-23/h5-13,18,21H,14-17,19H2,1-4H3,(H,31,33)/t21-,28-/m1/s1. The first kappa shape index (κ1) is 25.3. The number of amides is 1.